The van der Waals surface area contributed by atoms with E-state index in [-0.39, 0.29) is 31.3 Å². The molecule has 2 aromatic carbocycles. The van der Waals surface area contributed by atoms with Crippen LogP contribution in [-0.4, -0.2) is 51.9 Å². The number of alkyl carbamates (subject to hydrolysis) is 1. The summed E-state index contributed by atoms with van der Waals surface area (Å²) in [6, 6.07) is 21.7. The Morgan fingerprint density at radius 1 is 0.976 bits per heavy atom. The van der Waals surface area contributed by atoms with Crippen LogP contribution in [0.25, 0.3) is 22.2 Å². The molecule has 2 amide bonds. The van der Waals surface area contributed by atoms with Gasteiger partial charge < -0.3 is 15.4 Å². The van der Waals surface area contributed by atoms with E-state index in [1.807, 2.05) is 48.5 Å². The maximum Gasteiger partial charge on any atom is 0.407 e. The van der Waals surface area contributed by atoms with E-state index in [4.69, 9.17) is 4.74 Å². The molecule has 6 rings (SSSR count). The summed E-state index contributed by atoms with van der Waals surface area (Å²) in [5.74, 6) is -0.317. The largest absolute Gasteiger partial charge is 0.445 e. The third-order valence-electron chi connectivity index (χ3n) is 7.28. The minimum atomic E-state index is -2.64. The van der Waals surface area contributed by atoms with Crippen LogP contribution in [0.4, 0.5) is 13.6 Å². The van der Waals surface area contributed by atoms with Crippen molar-refractivity contribution >= 4 is 39.9 Å². The van der Waals surface area contributed by atoms with Gasteiger partial charge in [0.25, 0.3) is 12.3 Å². The first-order valence-electron chi connectivity index (χ1n) is 13.7. The Morgan fingerprint density at radius 2 is 1.81 bits per heavy atom. The number of halogens is 2. The van der Waals surface area contributed by atoms with Crippen molar-refractivity contribution in [3.05, 3.63) is 107 Å². The molecule has 42 heavy (non-hydrogen) atoms. The Hall–Kier alpha value is -4.99. The highest BCUT2D eigenvalue weighted by molar-refractivity contribution is 6.32. The van der Waals surface area contributed by atoms with Gasteiger partial charge in [-0.2, -0.15) is 4.58 Å². The van der Waals surface area contributed by atoms with Crippen molar-refractivity contribution in [2.24, 2.45) is 0 Å². The highest BCUT2D eigenvalue weighted by Crippen LogP contribution is 2.40. The van der Waals surface area contributed by atoms with E-state index < -0.39 is 12.5 Å². The molecule has 0 radical (unpaired) electrons. The maximum atomic E-state index is 13.4. The lowest BCUT2D eigenvalue weighted by molar-refractivity contribution is -0.428. The van der Waals surface area contributed by atoms with E-state index in [1.54, 1.807) is 18.2 Å². The SMILES string of the molecule is O=C(NCCNC(=O)c1cnc2ccc(C3=C(c4cccc(C(F)F)n4)[N+]4=C3CCC4)cc2c1)OCc1ccccc1. The second-order valence-corrected chi connectivity index (χ2v) is 10.0. The van der Waals surface area contributed by atoms with Gasteiger partial charge in [0.1, 0.15) is 30.1 Å². The number of amides is 2. The Kier molecular flexibility index (Phi) is 7.68. The van der Waals surface area contributed by atoms with E-state index in [1.165, 1.54) is 18.0 Å². The highest BCUT2D eigenvalue weighted by atomic mass is 19.3. The van der Waals surface area contributed by atoms with Gasteiger partial charge in [0.05, 0.1) is 11.1 Å². The molecule has 0 fully saturated rings. The fraction of sp³-hybridized carbons (Fsp3) is 0.219. The van der Waals surface area contributed by atoms with Gasteiger partial charge in [0.2, 0.25) is 5.70 Å². The Balaban J connectivity index is 1.13. The quantitative estimate of drug-likeness (QED) is 0.210. The van der Waals surface area contributed by atoms with Crippen LogP contribution in [0.1, 0.15) is 52.1 Å². The van der Waals surface area contributed by atoms with Gasteiger partial charge in [-0.25, -0.2) is 18.6 Å². The number of allylic oxidation sites excluding steroid dienone is 1. The molecule has 2 aliphatic heterocycles. The number of pyridine rings is 2. The molecule has 0 atom stereocenters. The van der Waals surface area contributed by atoms with Gasteiger partial charge in [-0.1, -0.05) is 42.5 Å². The second-order valence-electron chi connectivity index (χ2n) is 10.0. The lowest BCUT2D eigenvalue weighted by Crippen LogP contribution is -2.35. The van der Waals surface area contributed by atoms with Gasteiger partial charge in [-0.15, -0.1) is 0 Å². The first kappa shape index (κ1) is 27.2. The number of nitrogens with one attached hydrogen (secondary N) is 2. The van der Waals surface area contributed by atoms with E-state index in [2.05, 4.69) is 25.2 Å². The topological polar surface area (TPSA) is 96.2 Å². The summed E-state index contributed by atoms with van der Waals surface area (Å²) >= 11 is 0. The summed E-state index contributed by atoms with van der Waals surface area (Å²) in [6.45, 7) is 1.41. The number of aromatic nitrogens is 2. The summed E-state index contributed by atoms with van der Waals surface area (Å²) in [7, 11) is 0. The number of alkyl halides is 2. The van der Waals surface area contributed by atoms with Crippen LogP contribution in [0.2, 0.25) is 0 Å². The van der Waals surface area contributed by atoms with Crippen molar-refractivity contribution in [2.45, 2.75) is 25.9 Å². The minimum absolute atomic E-state index is 0.165. The van der Waals surface area contributed by atoms with Crippen LogP contribution in [0.15, 0.2) is 79.0 Å². The normalized spacial score (nSPS) is 14.2. The molecule has 2 aromatic heterocycles. The predicted molar refractivity (Wildman–Crippen MR) is 154 cm³/mol. The highest BCUT2D eigenvalue weighted by Gasteiger charge is 2.44. The summed E-state index contributed by atoms with van der Waals surface area (Å²) in [6.07, 6.45) is 0.194. The molecule has 212 valence electrons. The van der Waals surface area contributed by atoms with Gasteiger partial charge in [0.15, 0.2) is 5.71 Å². The lowest BCUT2D eigenvalue weighted by Gasteiger charge is -2.20. The number of fused-ring (bicyclic) bond motifs is 1. The monoisotopic (exact) mass is 568 g/mol. The number of hydrogen-bond donors (Lipinski definition) is 2. The van der Waals surface area contributed by atoms with Crippen LogP contribution in [0, 0.1) is 0 Å². The predicted octanol–water partition coefficient (Wildman–Crippen LogP) is 5.35. The first-order chi connectivity index (χ1) is 20.5. The molecule has 2 aliphatic rings. The van der Waals surface area contributed by atoms with Crippen molar-refractivity contribution in [1.82, 2.24) is 20.6 Å². The fourth-order valence-corrected chi connectivity index (χ4v) is 5.30. The van der Waals surface area contributed by atoms with Gasteiger partial charge >= 0.3 is 6.09 Å². The van der Waals surface area contributed by atoms with Gasteiger partial charge in [0, 0.05) is 37.5 Å². The van der Waals surface area contributed by atoms with Crippen LogP contribution in [0.5, 0.6) is 0 Å². The molecule has 0 bridgehead atoms. The number of benzene rings is 2. The number of hydrogen-bond acceptors (Lipinski definition) is 5. The zero-order chi connectivity index (χ0) is 29.1. The number of ether oxygens (including phenoxy) is 1. The van der Waals surface area contributed by atoms with Crippen molar-refractivity contribution in [2.75, 3.05) is 19.6 Å². The number of carbonyl (C=O) groups excluding carboxylic acids is 2. The molecule has 10 heteroatoms. The van der Waals surface area contributed by atoms with Crippen LogP contribution >= 0.6 is 0 Å². The van der Waals surface area contributed by atoms with Crippen LogP contribution in [-0.2, 0) is 11.3 Å². The van der Waals surface area contributed by atoms with Crippen LogP contribution < -0.4 is 10.6 Å². The zero-order valence-corrected chi connectivity index (χ0v) is 22.6. The summed E-state index contributed by atoms with van der Waals surface area (Å²) < 4.78 is 34.1. The molecule has 8 nitrogen and oxygen atoms in total. The zero-order valence-electron chi connectivity index (χ0n) is 22.6. The van der Waals surface area contributed by atoms with E-state index in [0.717, 1.165) is 52.7 Å². The van der Waals surface area contributed by atoms with Gasteiger partial charge in [-0.05, 0) is 41.5 Å². The third kappa shape index (κ3) is 5.60. The van der Waals surface area contributed by atoms with E-state index in [0.29, 0.717) is 11.3 Å². The van der Waals surface area contributed by atoms with Gasteiger partial charge in [-0.3, -0.25) is 9.78 Å². The Labute approximate surface area is 240 Å². The smallest absolute Gasteiger partial charge is 0.407 e. The maximum absolute atomic E-state index is 13.4. The molecule has 0 unspecified atom stereocenters. The molecular weight excluding hydrogens is 540 g/mol. The Bertz CT molecular complexity index is 1740. The third-order valence-corrected chi connectivity index (χ3v) is 7.28. The average Bonchev–Trinajstić information content (AvgIpc) is 3.41. The average molecular weight is 569 g/mol. The van der Waals surface area contributed by atoms with Crippen molar-refractivity contribution in [1.29, 1.82) is 0 Å². The molecule has 2 N–H and O–H groups in total. The standard InChI is InChI=1S/C32H27F2N5O3/c33-30(34)26-9-4-8-25(38-26)29-28(27-10-5-15-39(27)29)21-11-12-24-22(16-21)17-23(18-37-24)31(40)35-13-14-36-32(41)42-19-20-6-2-1-3-7-20/h1-4,6-9,11-12,16-18,30H,5,10,13-15,19H2,(H-,35,36,40,41)/p+1. The molecule has 0 saturated carbocycles. The number of nitrogens with zero attached hydrogens (tertiary/aromatic N) is 3. The minimum Gasteiger partial charge on any atom is -0.445 e. The number of carbonyl (C=O) groups is 2. The van der Waals surface area contributed by atoms with Crippen molar-refractivity contribution < 1.29 is 27.7 Å². The fourth-order valence-electron chi connectivity index (χ4n) is 5.30. The molecule has 0 saturated heterocycles. The second kappa shape index (κ2) is 11.9. The molecule has 4 heterocycles. The summed E-state index contributed by atoms with van der Waals surface area (Å²) in [4.78, 5) is 33.4. The number of rotatable bonds is 9. The van der Waals surface area contributed by atoms with E-state index in [9.17, 15) is 18.4 Å². The molecule has 0 aliphatic carbocycles. The molecule has 0 spiro atoms. The Morgan fingerprint density at radius 3 is 2.64 bits per heavy atom. The molecular formula is C32H28F2N5O3+. The van der Waals surface area contributed by atoms with Crippen LogP contribution in [0.3, 0.4) is 0 Å². The lowest BCUT2D eigenvalue weighted by atomic mass is 9.90. The summed E-state index contributed by atoms with van der Waals surface area (Å²) in [5, 5.41) is 6.18. The van der Waals surface area contributed by atoms with E-state index >= 15 is 0 Å². The van der Waals surface area contributed by atoms with Crippen molar-refractivity contribution in [3.63, 3.8) is 0 Å². The first-order valence-corrected chi connectivity index (χ1v) is 13.7. The summed E-state index contributed by atoms with van der Waals surface area (Å²) in [5.41, 5.74) is 6.21. The molecule has 4 aromatic rings. The van der Waals surface area contributed by atoms with Crippen molar-refractivity contribution in [3.8, 4) is 0 Å².